The molecule has 0 bridgehead atoms. The van der Waals surface area contributed by atoms with Crippen LogP contribution in [0.5, 0.6) is 5.75 Å². The molecule has 2 atom stereocenters. The number of benzene rings is 1. The third-order valence-electron chi connectivity index (χ3n) is 3.82. The SMILES string of the molecule is CCOc1ccc(C(C)N2CCOC(CNC)C2)cc1. The molecule has 1 aromatic rings. The number of hydrogen-bond acceptors (Lipinski definition) is 4. The minimum atomic E-state index is 0.291. The lowest BCUT2D eigenvalue weighted by atomic mass is 10.1. The van der Waals surface area contributed by atoms with Crippen molar-refractivity contribution in [3.8, 4) is 5.75 Å². The predicted molar refractivity (Wildman–Crippen MR) is 81.3 cm³/mol. The van der Waals surface area contributed by atoms with Crippen LogP contribution in [0.1, 0.15) is 25.5 Å². The first-order chi connectivity index (χ1) is 9.74. The molecule has 0 aliphatic carbocycles. The summed E-state index contributed by atoms with van der Waals surface area (Å²) in [5, 5.41) is 3.19. The molecule has 2 unspecified atom stereocenters. The van der Waals surface area contributed by atoms with E-state index in [-0.39, 0.29) is 0 Å². The molecule has 2 rings (SSSR count). The Morgan fingerprint density at radius 1 is 1.40 bits per heavy atom. The van der Waals surface area contributed by atoms with Crippen LogP contribution in [0.15, 0.2) is 24.3 Å². The molecule has 0 saturated carbocycles. The molecule has 20 heavy (non-hydrogen) atoms. The van der Waals surface area contributed by atoms with Crippen LogP contribution in [-0.2, 0) is 4.74 Å². The van der Waals surface area contributed by atoms with Crippen LogP contribution in [-0.4, -0.2) is 50.9 Å². The van der Waals surface area contributed by atoms with Crippen LogP contribution in [0.3, 0.4) is 0 Å². The Labute approximate surface area is 122 Å². The Morgan fingerprint density at radius 3 is 2.80 bits per heavy atom. The van der Waals surface area contributed by atoms with Crippen molar-refractivity contribution in [2.24, 2.45) is 0 Å². The summed E-state index contributed by atoms with van der Waals surface area (Å²) in [6.07, 6.45) is 0.291. The molecule has 0 spiro atoms. The van der Waals surface area contributed by atoms with Crippen LogP contribution in [0.25, 0.3) is 0 Å². The van der Waals surface area contributed by atoms with Crippen molar-refractivity contribution >= 4 is 0 Å². The second kappa shape index (κ2) is 7.62. The van der Waals surface area contributed by atoms with Crippen molar-refractivity contribution in [3.05, 3.63) is 29.8 Å². The van der Waals surface area contributed by atoms with E-state index < -0.39 is 0 Å². The Balaban J connectivity index is 1.97. The minimum absolute atomic E-state index is 0.291. The number of nitrogens with one attached hydrogen (secondary N) is 1. The fourth-order valence-electron chi connectivity index (χ4n) is 2.67. The van der Waals surface area contributed by atoms with Crippen LogP contribution >= 0.6 is 0 Å². The fraction of sp³-hybridized carbons (Fsp3) is 0.625. The third kappa shape index (κ3) is 3.95. The van der Waals surface area contributed by atoms with Gasteiger partial charge in [-0.3, -0.25) is 4.90 Å². The first-order valence-corrected chi connectivity index (χ1v) is 7.47. The lowest BCUT2D eigenvalue weighted by molar-refractivity contribution is -0.0393. The zero-order chi connectivity index (χ0) is 14.4. The quantitative estimate of drug-likeness (QED) is 0.863. The Hall–Kier alpha value is -1.10. The molecule has 4 heteroatoms. The molecule has 0 radical (unpaired) electrons. The first kappa shape index (κ1) is 15.3. The molecule has 1 aromatic carbocycles. The highest BCUT2D eigenvalue weighted by molar-refractivity contribution is 5.29. The van der Waals surface area contributed by atoms with Crippen LogP contribution < -0.4 is 10.1 Å². The molecule has 0 amide bonds. The molecule has 1 fully saturated rings. The highest BCUT2D eigenvalue weighted by Gasteiger charge is 2.24. The molecule has 1 N–H and O–H groups in total. The van der Waals surface area contributed by atoms with Gasteiger partial charge in [0.1, 0.15) is 5.75 Å². The van der Waals surface area contributed by atoms with E-state index in [0.717, 1.165) is 32.0 Å². The highest BCUT2D eigenvalue weighted by Crippen LogP contribution is 2.24. The van der Waals surface area contributed by atoms with Crippen molar-refractivity contribution in [1.29, 1.82) is 0 Å². The number of nitrogens with zero attached hydrogens (tertiary/aromatic N) is 1. The van der Waals surface area contributed by atoms with E-state index in [1.165, 1.54) is 5.56 Å². The van der Waals surface area contributed by atoms with E-state index in [1.54, 1.807) is 0 Å². The lowest BCUT2D eigenvalue weighted by Gasteiger charge is -2.37. The fourth-order valence-corrected chi connectivity index (χ4v) is 2.67. The number of morpholine rings is 1. The van der Waals surface area contributed by atoms with E-state index in [4.69, 9.17) is 9.47 Å². The van der Waals surface area contributed by atoms with Crippen molar-refractivity contribution < 1.29 is 9.47 Å². The molecule has 0 aromatic heterocycles. The van der Waals surface area contributed by atoms with Gasteiger partial charge in [-0.2, -0.15) is 0 Å². The summed E-state index contributed by atoms with van der Waals surface area (Å²) in [5.41, 5.74) is 1.33. The van der Waals surface area contributed by atoms with Crippen molar-refractivity contribution in [2.45, 2.75) is 26.0 Å². The van der Waals surface area contributed by atoms with Crippen LogP contribution in [0.2, 0.25) is 0 Å². The molecular weight excluding hydrogens is 252 g/mol. The maximum Gasteiger partial charge on any atom is 0.119 e. The standard InChI is InChI=1S/C16H26N2O2/c1-4-19-15-7-5-14(6-8-15)13(2)18-9-10-20-16(12-18)11-17-3/h5-8,13,16-17H,4,9-12H2,1-3H3. The van der Waals surface area contributed by atoms with Gasteiger partial charge < -0.3 is 14.8 Å². The third-order valence-corrected chi connectivity index (χ3v) is 3.82. The van der Waals surface area contributed by atoms with Crippen molar-refractivity contribution in [3.63, 3.8) is 0 Å². The van der Waals surface area contributed by atoms with E-state index in [9.17, 15) is 0 Å². The minimum Gasteiger partial charge on any atom is -0.494 e. The lowest BCUT2D eigenvalue weighted by Crippen LogP contribution is -2.46. The maximum atomic E-state index is 5.76. The second-order valence-corrected chi connectivity index (χ2v) is 5.22. The van der Waals surface area contributed by atoms with E-state index in [1.807, 2.05) is 14.0 Å². The van der Waals surface area contributed by atoms with Gasteiger partial charge in [-0.05, 0) is 38.6 Å². The Bertz CT molecular complexity index is 392. The number of ether oxygens (including phenoxy) is 2. The van der Waals surface area contributed by atoms with Gasteiger partial charge in [0.15, 0.2) is 0 Å². The van der Waals surface area contributed by atoms with E-state index in [2.05, 4.69) is 41.4 Å². The molecule has 1 aliphatic heterocycles. The van der Waals surface area contributed by atoms with Crippen LogP contribution in [0.4, 0.5) is 0 Å². The number of hydrogen-bond donors (Lipinski definition) is 1. The zero-order valence-electron chi connectivity index (χ0n) is 12.8. The Kier molecular flexibility index (Phi) is 5.83. The second-order valence-electron chi connectivity index (χ2n) is 5.22. The van der Waals surface area contributed by atoms with Crippen molar-refractivity contribution in [2.75, 3.05) is 39.9 Å². The highest BCUT2D eigenvalue weighted by atomic mass is 16.5. The summed E-state index contributed by atoms with van der Waals surface area (Å²) < 4.78 is 11.3. The number of rotatable bonds is 6. The molecular formula is C16H26N2O2. The smallest absolute Gasteiger partial charge is 0.119 e. The Morgan fingerprint density at radius 2 is 2.15 bits per heavy atom. The summed E-state index contributed by atoms with van der Waals surface area (Å²) in [6.45, 7) is 8.68. The van der Waals surface area contributed by atoms with Gasteiger partial charge >= 0.3 is 0 Å². The van der Waals surface area contributed by atoms with Gasteiger partial charge in [-0.1, -0.05) is 12.1 Å². The average Bonchev–Trinajstić information content (AvgIpc) is 2.48. The van der Waals surface area contributed by atoms with Crippen LogP contribution in [0, 0.1) is 0 Å². The van der Waals surface area contributed by atoms with Gasteiger partial charge in [-0.25, -0.2) is 0 Å². The number of likely N-dealkylation sites (N-methyl/N-ethyl adjacent to an activating group) is 1. The molecule has 112 valence electrons. The van der Waals surface area contributed by atoms with Gasteiger partial charge in [0.2, 0.25) is 0 Å². The average molecular weight is 278 g/mol. The summed E-state index contributed by atoms with van der Waals surface area (Å²) in [7, 11) is 1.97. The molecule has 1 heterocycles. The molecule has 4 nitrogen and oxygen atoms in total. The predicted octanol–water partition coefficient (Wildman–Crippen LogP) is 2.07. The van der Waals surface area contributed by atoms with Gasteiger partial charge in [0, 0.05) is 25.7 Å². The van der Waals surface area contributed by atoms with E-state index >= 15 is 0 Å². The first-order valence-electron chi connectivity index (χ1n) is 7.47. The summed E-state index contributed by atoms with van der Waals surface area (Å²) in [4.78, 5) is 2.49. The topological polar surface area (TPSA) is 33.7 Å². The maximum absolute atomic E-state index is 5.76. The summed E-state index contributed by atoms with van der Waals surface area (Å²) in [6, 6.07) is 8.85. The van der Waals surface area contributed by atoms with Gasteiger partial charge in [0.25, 0.3) is 0 Å². The molecule has 1 aliphatic rings. The van der Waals surface area contributed by atoms with Crippen molar-refractivity contribution in [1.82, 2.24) is 10.2 Å². The van der Waals surface area contributed by atoms with Gasteiger partial charge in [-0.15, -0.1) is 0 Å². The zero-order valence-corrected chi connectivity index (χ0v) is 12.8. The summed E-state index contributed by atoms with van der Waals surface area (Å²) >= 11 is 0. The monoisotopic (exact) mass is 278 g/mol. The normalized spacial score (nSPS) is 21.6. The van der Waals surface area contributed by atoms with E-state index in [0.29, 0.717) is 18.8 Å². The molecule has 1 saturated heterocycles. The summed E-state index contributed by atoms with van der Waals surface area (Å²) in [5.74, 6) is 0.943. The largest absolute Gasteiger partial charge is 0.494 e. The van der Waals surface area contributed by atoms with Gasteiger partial charge in [0.05, 0.1) is 19.3 Å².